The van der Waals surface area contributed by atoms with Crippen molar-refractivity contribution in [3.63, 3.8) is 0 Å². The standard InChI is InChI=1S/C15H18N4O/c1-18(14-5-6-14)15(20)10-19-9-12(8-17-19)11-3-2-4-13(16)7-11/h2-4,7-9,14H,5-6,10,16H2,1H3. The molecule has 1 aromatic heterocycles. The summed E-state index contributed by atoms with van der Waals surface area (Å²) in [5, 5.41) is 4.25. The molecule has 3 rings (SSSR count). The minimum atomic E-state index is 0.106. The van der Waals surface area contributed by atoms with Crippen LogP contribution in [-0.4, -0.2) is 33.7 Å². The zero-order valence-corrected chi connectivity index (χ0v) is 11.5. The molecule has 20 heavy (non-hydrogen) atoms. The van der Waals surface area contributed by atoms with Crippen molar-refractivity contribution in [3.8, 4) is 11.1 Å². The van der Waals surface area contributed by atoms with Gasteiger partial charge in [0.1, 0.15) is 6.54 Å². The Balaban J connectivity index is 1.72. The molecule has 0 saturated heterocycles. The van der Waals surface area contributed by atoms with E-state index in [0.717, 1.165) is 29.7 Å². The third-order valence-corrected chi connectivity index (χ3v) is 3.64. The van der Waals surface area contributed by atoms with E-state index in [9.17, 15) is 4.79 Å². The van der Waals surface area contributed by atoms with Crippen LogP contribution in [0, 0.1) is 0 Å². The lowest BCUT2D eigenvalue weighted by Gasteiger charge is -2.15. The van der Waals surface area contributed by atoms with E-state index in [-0.39, 0.29) is 12.5 Å². The van der Waals surface area contributed by atoms with E-state index in [2.05, 4.69) is 5.10 Å². The topological polar surface area (TPSA) is 64.2 Å². The van der Waals surface area contributed by atoms with Crippen molar-refractivity contribution in [1.29, 1.82) is 0 Å². The second-order valence-corrected chi connectivity index (χ2v) is 5.29. The zero-order chi connectivity index (χ0) is 14.1. The van der Waals surface area contributed by atoms with Gasteiger partial charge in [-0.05, 0) is 30.5 Å². The van der Waals surface area contributed by atoms with Crippen LogP contribution in [0.1, 0.15) is 12.8 Å². The smallest absolute Gasteiger partial charge is 0.244 e. The third-order valence-electron chi connectivity index (χ3n) is 3.64. The van der Waals surface area contributed by atoms with E-state index in [1.54, 1.807) is 10.9 Å². The Bertz CT molecular complexity index is 630. The number of aromatic nitrogens is 2. The van der Waals surface area contributed by atoms with Gasteiger partial charge in [-0.2, -0.15) is 5.10 Å². The van der Waals surface area contributed by atoms with Gasteiger partial charge in [-0.1, -0.05) is 12.1 Å². The molecule has 1 aliphatic rings. The van der Waals surface area contributed by atoms with E-state index in [1.807, 2.05) is 42.4 Å². The Morgan fingerprint density at radius 1 is 1.45 bits per heavy atom. The van der Waals surface area contributed by atoms with Crippen LogP contribution in [0.15, 0.2) is 36.7 Å². The molecule has 104 valence electrons. The van der Waals surface area contributed by atoms with Crippen LogP contribution < -0.4 is 5.73 Å². The van der Waals surface area contributed by atoms with Crippen molar-refractivity contribution in [1.82, 2.24) is 14.7 Å². The van der Waals surface area contributed by atoms with Crippen LogP contribution in [0.25, 0.3) is 11.1 Å². The average molecular weight is 270 g/mol. The summed E-state index contributed by atoms with van der Waals surface area (Å²) in [5.74, 6) is 0.106. The second kappa shape index (κ2) is 5.00. The molecule has 0 spiro atoms. The first-order chi connectivity index (χ1) is 9.63. The SMILES string of the molecule is CN(C(=O)Cn1cc(-c2cccc(N)c2)cn1)C1CC1. The van der Waals surface area contributed by atoms with Crippen molar-refractivity contribution < 1.29 is 4.79 Å². The fraction of sp³-hybridized carbons (Fsp3) is 0.333. The highest BCUT2D eigenvalue weighted by Crippen LogP contribution is 2.25. The Kier molecular flexibility index (Phi) is 3.18. The number of nitrogen functional groups attached to an aromatic ring is 1. The molecule has 2 aromatic rings. The maximum absolute atomic E-state index is 12.0. The Morgan fingerprint density at radius 2 is 2.25 bits per heavy atom. The van der Waals surface area contributed by atoms with Crippen LogP contribution in [0.5, 0.6) is 0 Å². The summed E-state index contributed by atoms with van der Waals surface area (Å²) in [5.41, 5.74) is 8.48. The van der Waals surface area contributed by atoms with Gasteiger partial charge in [0, 0.05) is 30.5 Å². The average Bonchev–Trinajstić information content (AvgIpc) is 3.18. The molecule has 2 N–H and O–H groups in total. The van der Waals surface area contributed by atoms with Crippen LogP contribution in [0.3, 0.4) is 0 Å². The van der Waals surface area contributed by atoms with Gasteiger partial charge in [-0.15, -0.1) is 0 Å². The Morgan fingerprint density at radius 3 is 2.95 bits per heavy atom. The highest BCUT2D eigenvalue weighted by molar-refractivity contribution is 5.76. The fourth-order valence-electron chi connectivity index (χ4n) is 2.23. The van der Waals surface area contributed by atoms with Gasteiger partial charge in [0.25, 0.3) is 0 Å². The number of benzene rings is 1. The minimum absolute atomic E-state index is 0.106. The molecule has 0 aliphatic heterocycles. The predicted molar refractivity (Wildman–Crippen MR) is 77.9 cm³/mol. The van der Waals surface area contributed by atoms with E-state index in [4.69, 9.17) is 5.73 Å². The molecule has 0 bridgehead atoms. The molecule has 5 nitrogen and oxygen atoms in total. The highest BCUT2D eigenvalue weighted by Gasteiger charge is 2.29. The second-order valence-electron chi connectivity index (χ2n) is 5.29. The van der Waals surface area contributed by atoms with Crippen LogP contribution in [0.2, 0.25) is 0 Å². The number of anilines is 1. The quantitative estimate of drug-likeness (QED) is 0.861. The number of nitrogens with zero attached hydrogens (tertiary/aromatic N) is 3. The highest BCUT2D eigenvalue weighted by atomic mass is 16.2. The number of amides is 1. The fourth-order valence-corrected chi connectivity index (χ4v) is 2.23. The number of carbonyl (C=O) groups excluding carboxylic acids is 1. The first-order valence-corrected chi connectivity index (χ1v) is 6.77. The van der Waals surface area contributed by atoms with Gasteiger partial charge in [-0.3, -0.25) is 9.48 Å². The van der Waals surface area contributed by atoms with Crippen LogP contribution in [0.4, 0.5) is 5.69 Å². The molecule has 1 saturated carbocycles. The van der Waals surface area contributed by atoms with Gasteiger partial charge < -0.3 is 10.6 Å². The lowest BCUT2D eigenvalue weighted by molar-refractivity contribution is -0.131. The molecule has 1 fully saturated rings. The molecular weight excluding hydrogens is 252 g/mol. The maximum Gasteiger partial charge on any atom is 0.244 e. The van der Waals surface area contributed by atoms with Gasteiger partial charge >= 0.3 is 0 Å². The summed E-state index contributed by atoms with van der Waals surface area (Å²) < 4.78 is 1.68. The summed E-state index contributed by atoms with van der Waals surface area (Å²) in [4.78, 5) is 13.9. The van der Waals surface area contributed by atoms with E-state index < -0.39 is 0 Å². The Labute approximate surface area is 118 Å². The number of likely N-dealkylation sites (N-methyl/N-ethyl adjacent to an activating group) is 1. The van der Waals surface area contributed by atoms with Crippen molar-refractivity contribution in [3.05, 3.63) is 36.7 Å². The summed E-state index contributed by atoms with van der Waals surface area (Å²) in [7, 11) is 1.86. The lowest BCUT2D eigenvalue weighted by atomic mass is 10.1. The van der Waals surface area contributed by atoms with Crippen LogP contribution in [-0.2, 0) is 11.3 Å². The van der Waals surface area contributed by atoms with Crippen molar-refractivity contribution in [2.45, 2.75) is 25.4 Å². The van der Waals surface area contributed by atoms with E-state index >= 15 is 0 Å². The predicted octanol–water partition coefficient (Wildman–Crippen LogP) is 1.75. The van der Waals surface area contributed by atoms with Crippen molar-refractivity contribution in [2.24, 2.45) is 0 Å². The molecule has 1 aromatic carbocycles. The third kappa shape index (κ3) is 2.66. The Hall–Kier alpha value is -2.30. The lowest BCUT2D eigenvalue weighted by Crippen LogP contribution is -2.32. The van der Waals surface area contributed by atoms with Crippen molar-refractivity contribution >= 4 is 11.6 Å². The van der Waals surface area contributed by atoms with Gasteiger partial charge in [0.05, 0.1) is 6.20 Å². The first-order valence-electron chi connectivity index (χ1n) is 6.77. The molecule has 1 heterocycles. The summed E-state index contributed by atoms with van der Waals surface area (Å²) in [6.45, 7) is 0.287. The van der Waals surface area contributed by atoms with Gasteiger partial charge in [0.2, 0.25) is 5.91 Å². The van der Waals surface area contributed by atoms with Gasteiger partial charge in [-0.25, -0.2) is 0 Å². The molecule has 1 amide bonds. The number of nitrogens with two attached hydrogens (primary N) is 1. The zero-order valence-electron chi connectivity index (χ0n) is 11.5. The number of carbonyl (C=O) groups is 1. The summed E-state index contributed by atoms with van der Waals surface area (Å²) >= 11 is 0. The first kappa shape index (κ1) is 12.7. The van der Waals surface area contributed by atoms with Crippen molar-refractivity contribution in [2.75, 3.05) is 12.8 Å². The molecule has 0 unspecified atom stereocenters. The molecule has 0 radical (unpaired) electrons. The number of hydrogen-bond donors (Lipinski definition) is 1. The monoisotopic (exact) mass is 270 g/mol. The van der Waals surface area contributed by atoms with Crippen LogP contribution >= 0.6 is 0 Å². The maximum atomic E-state index is 12.0. The number of hydrogen-bond acceptors (Lipinski definition) is 3. The van der Waals surface area contributed by atoms with Gasteiger partial charge in [0.15, 0.2) is 0 Å². The largest absolute Gasteiger partial charge is 0.399 e. The molecule has 0 atom stereocenters. The minimum Gasteiger partial charge on any atom is -0.399 e. The van der Waals surface area contributed by atoms with E-state index in [0.29, 0.717) is 6.04 Å². The summed E-state index contributed by atoms with van der Waals surface area (Å²) in [6.07, 6.45) is 5.89. The number of rotatable bonds is 4. The molecule has 1 aliphatic carbocycles. The summed E-state index contributed by atoms with van der Waals surface area (Å²) in [6, 6.07) is 8.08. The molecular formula is C15H18N4O. The normalized spacial score (nSPS) is 14.2. The van der Waals surface area contributed by atoms with E-state index in [1.165, 1.54) is 0 Å². The molecule has 5 heteroatoms.